The lowest BCUT2D eigenvalue weighted by Crippen LogP contribution is -2.29. The first kappa shape index (κ1) is 10.7. The van der Waals surface area contributed by atoms with Gasteiger partial charge in [-0.2, -0.15) is 5.10 Å². The van der Waals surface area contributed by atoms with Gasteiger partial charge in [0.1, 0.15) is 16.9 Å². The molecular weight excluding hydrogens is 214 g/mol. The summed E-state index contributed by atoms with van der Waals surface area (Å²) in [6.45, 7) is 2.25. The third-order valence-corrected chi connectivity index (χ3v) is 3.48. The number of piperidine rings is 1. The number of aromatic nitrogens is 4. The lowest BCUT2D eigenvalue weighted by molar-refractivity contribution is 0.367. The average molecular weight is 231 g/mol. The van der Waals surface area contributed by atoms with Crippen molar-refractivity contribution in [2.75, 3.05) is 13.1 Å². The Morgan fingerprint density at radius 2 is 2.18 bits per heavy atom. The summed E-state index contributed by atoms with van der Waals surface area (Å²) in [5, 5.41) is 7.57. The number of hydrogen-bond acceptors (Lipinski definition) is 4. The maximum absolute atomic E-state index is 4.58. The molecule has 2 aromatic heterocycles. The van der Waals surface area contributed by atoms with Gasteiger partial charge in [0.15, 0.2) is 0 Å². The normalized spacial score (nSPS) is 17.7. The zero-order chi connectivity index (χ0) is 11.7. The van der Waals surface area contributed by atoms with Gasteiger partial charge in [-0.1, -0.05) is 0 Å². The van der Waals surface area contributed by atoms with Crippen molar-refractivity contribution in [2.45, 2.75) is 19.3 Å². The van der Waals surface area contributed by atoms with Gasteiger partial charge in [0.2, 0.25) is 0 Å². The molecule has 0 radical (unpaired) electrons. The molecule has 0 unspecified atom stereocenters. The summed E-state index contributed by atoms with van der Waals surface area (Å²) >= 11 is 0. The Morgan fingerprint density at radius 3 is 3.00 bits per heavy atom. The van der Waals surface area contributed by atoms with Crippen molar-refractivity contribution in [2.24, 2.45) is 13.0 Å². The number of rotatable bonds is 2. The zero-order valence-electron chi connectivity index (χ0n) is 10.1. The maximum atomic E-state index is 4.58. The van der Waals surface area contributed by atoms with Crippen LogP contribution in [-0.4, -0.2) is 32.8 Å². The first-order chi connectivity index (χ1) is 8.33. The molecule has 3 heterocycles. The summed E-state index contributed by atoms with van der Waals surface area (Å²) in [5.74, 6) is 1.68. The Bertz CT molecular complexity index is 513. The molecule has 90 valence electrons. The molecule has 1 aliphatic rings. The molecule has 0 amide bonds. The number of nitrogens with one attached hydrogen (secondary N) is 1. The van der Waals surface area contributed by atoms with Crippen LogP contribution < -0.4 is 5.32 Å². The van der Waals surface area contributed by atoms with Gasteiger partial charge in [0.25, 0.3) is 0 Å². The summed E-state index contributed by atoms with van der Waals surface area (Å²) in [4.78, 5) is 9.02. The van der Waals surface area contributed by atoms with Gasteiger partial charge < -0.3 is 5.32 Å². The third kappa shape index (κ3) is 2.15. The molecule has 1 N–H and O–H groups in total. The fourth-order valence-electron chi connectivity index (χ4n) is 2.42. The van der Waals surface area contributed by atoms with Crippen LogP contribution in [0.25, 0.3) is 11.0 Å². The van der Waals surface area contributed by atoms with Crippen LogP contribution in [-0.2, 0) is 13.5 Å². The van der Waals surface area contributed by atoms with Crippen molar-refractivity contribution in [1.82, 2.24) is 25.1 Å². The minimum Gasteiger partial charge on any atom is -0.317 e. The van der Waals surface area contributed by atoms with Crippen molar-refractivity contribution in [3.8, 4) is 0 Å². The van der Waals surface area contributed by atoms with E-state index >= 15 is 0 Å². The second-order valence-corrected chi connectivity index (χ2v) is 4.72. The molecule has 3 rings (SSSR count). The minimum atomic E-state index is 0.727. The Kier molecular flexibility index (Phi) is 2.76. The molecule has 1 aliphatic heterocycles. The van der Waals surface area contributed by atoms with Gasteiger partial charge >= 0.3 is 0 Å². The van der Waals surface area contributed by atoms with E-state index in [1.54, 1.807) is 0 Å². The molecule has 0 spiro atoms. The monoisotopic (exact) mass is 231 g/mol. The number of aryl methyl sites for hydroxylation is 1. The molecule has 0 aromatic carbocycles. The summed E-state index contributed by atoms with van der Waals surface area (Å²) in [5.41, 5.74) is 1.95. The Labute approximate surface area is 100 Å². The van der Waals surface area contributed by atoms with Crippen molar-refractivity contribution < 1.29 is 0 Å². The Morgan fingerprint density at radius 1 is 1.35 bits per heavy atom. The molecule has 5 heteroatoms. The topological polar surface area (TPSA) is 55.6 Å². The van der Waals surface area contributed by atoms with Gasteiger partial charge in [0, 0.05) is 13.5 Å². The molecular formula is C12H17N5. The highest BCUT2D eigenvalue weighted by molar-refractivity contribution is 5.72. The summed E-state index contributed by atoms with van der Waals surface area (Å²) in [7, 11) is 1.91. The predicted molar refractivity (Wildman–Crippen MR) is 65.6 cm³/mol. The number of fused-ring (bicyclic) bond motifs is 1. The van der Waals surface area contributed by atoms with Gasteiger partial charge in [-0.3, -0.25) is 4.68 Å². The SMILES string of the molecule is Cn1ncc2nc(CC3CCNCC3)ncc21. The van der Waals surface area contributed by atoms with E-state index in [2.05, 4.69) is 20.4 Å². The highest BCUT2D eigenvalue weighted by Crippen LogP contribution is 2.17. The van der Waals surface area contributed by atoms with Crippen LogP contribution in [0.2, 0.25) is 0 Å². The van der Waals surface area contributed by atoms with Crippen LogP contribution in [0.4, 0.5) is 0 Å². The lowest BCUT2D eigenvalue weighted by Gasteiger charge is -2.21. The summed E-state index contributed by atoms with van der Waals surface area (Å²) in [6.07, 6.45) is 7.14. The van der Waals surface area contributed by atoms with Crippen LogP contribution in [0.15, 0.2) is 12.4 Å². The second-order valence-electron chi connectivity index (χ2n) is 4.72. The summed E-state index contributed by atoms with van der Waals surface area (Å²) < 4.78 is 1.81. The zero-order valence-corrected chi connectivity index (χ0v) is 10.1. The highest BCUT2D eigenvalue weighted by atomic mass is 15.3. The van der Waals surface area contributed by atoms with Gasteiger partial charge in [-0.05, 0) is 31.8 Å². The van der Waals surface area contributed by atoms with Crippen LogP contribution >= 0.6 is 0 Å². The van der Waals surface area contributed by atoms with E-state index < -0.39 is 0 Å². The largest absolute Gasteiger partial charge is 0.317 e. The smallest absolute Gasteiger partial charge is 0.129 e. The molecule has 0 saturated carbocycles. The quantitative estimate of drug-likeness (QED) is 0.834. The van der Waals surface area contributed by atoms with Gasteiger partial charge in [-0.25, -0.2) is 9.97 Å². The molecule has 1 saturated heterocycles. The maximum Gasteiger partial charge on any atom is 0.129 e. The number of hydrogen-bond donors (Lipinski definition) is 1. The molecule has 2 aromatic rings. The van der Waals surface area contributed by atoms with E-state index in [1.807, 2.05) is 24.1 Å². The molecule has 17 heavy (non-hydrogen) atoms. The lowest BCUT2D eigenvalue weighted by atomic mass is 9.94. The Balaban J connectivity index is 1.80. The van der Waals surface area contributed by atoms with Crippen LogP contribution in [0.1, 0.15) is 18.7 Å². The van der Waals surface area contributed by atoms with Crippen LogP contribution in [0.3, 0.4) is 0 Å². The fourth-order valence-corrected chi connectivity index (χ4v) is 2.42. The first-order valence-corrected chi connectivity index (χ1v) is 6.17. The van der Waals surface area contributed by atoms with Crippen molar-refractivity contribution >= 4 is 11.0 Å². The summed E-state index contributed by atoms with van der Waals surface area (Å²) in [6, 6.07) is 0. The first-order valence-electron chi connectivity index (χ1n) is 6.17. The van der Waals surface area contributed by atoms with E-state index in [0.29, 0.717) is 0 Å². The van der Waals surface area contributed by atoms with E-state index in [4.69, 9.17) is 0 Å². The highest BCUT2D eigenvalue weighted by Gasteiger charge is 2.15. The minimum absolute atomic E-state index is 0.727. The number of nitrogens with zero attached hydrogens (tertiary/aromatic N) is 4. The molecule has 1 fully saturated rings. The standard InChI is InChI=1S/C12H17N5/c1-17-11-8-14-12(16-10(11)7-15-17)6-9-2-4-13-5-3-9/h7-9,13H,2-6H2,1H3. The van der Waals surface area contributed by atoms with E-state index in [-0.39, 0.29) is 0 Å². The van der Waals surface area contributed by atoms with E-state index in [1.165, 1.54) is 12.8 Å². The molecule has 0 atom stereocenters. The average Bonchev–Trinajstić information content (AvgIpc) is 2.72. The molecule has 0 aliphatic carbocycles. The van der Waals surface area contributed by atoms with Gasteiger partial charge in [0.05, 0.1) is 12.4 Å². The Hall–Kier alpha value is -1.49. The van der Waals surface area contributed by atoms with Gasteiger partial charge in [-0.15, -0.1) is 0 Å². The van der Waals surface area contributed by atoms with E-state index in [9.17, 15) is 0 Å². The van der Waals surface area contributed by atoms with E-state index in [0.717, 1.165) is 42.3 Å². The molecule has 0 bridgehead atoms. The van der Waals surface area contributed by atoms with Crippen molar-refractivity contribution in [3.63, 3.8) is 0 Å². The van der Waals surface area contributed by atoms with Crippen LogP contribution in [0, 0.1) is 5.92 Å². The third-order valence-electron chi connectivity index (χ3n) is 3.48. The molecule has 5 nitrogen and oxygen atoms in total. The fraction of sp³-hybridized carbons (Fsp3) is 0.583. The van der Waals surface area contributed by atoms with Crippen LogP contribution in [0.5, 0.6) is 0 Å². The van der Waals surface area contributed by atoms with Crippen molar-refractivity contribution in [3.05, 3.63) is 18.2 Å². The van der Waals surface area contributed by atoms with Crippen molar-refractivity contribution in [1.29, 1.82) is 0 Å². The predicted octanol–water partition coefficient (Wildman–Crippen LogP) is 0.905. The second kappa shape index (κ2) is 4.41.